The molecule has 166 valence electrons. The van der Waals surface area contributed by atoms with Gasteiger partial charge in [0.25, 0.3) is 0 Å². The van der Waals surface area contributed by atoms with Crippen molar-refractivity contribution in [2.45, 2.75) is 40.8 Å². The summed E-state index contributed by atoms with van der Waals surface area (Å²) in [5.41, 5.74) is -0.886. The summed E-state index contributed by atoms with van der Waals surface area (Å²) < 4.78 is 39.9. The van der Waals surface area contributed by atoms with Crippen LogP contribution in [0.5, 0.6) is 0 Å². The van der Waals surface area contributed by atoms with Crippen LogP contribution in [-0.2, 0) is 11.0 Å². The third kappa shape index (κ3) is 4.53. The average Bonchev–Trinajstić information content (AvgIpc) is 2.73. The minimum atomic E-state index is -4.41. The average molecular weight is 452 g/mol. The monoisotopic (exact) mass is 452 g/mol. The molecule has 0 spiro atoms. The number of anilines is 2. The van der Waals surface area contributed by atoms with Crippen molar-refractivity contribution in [2.24, 2.45) is 0 Å². The molecule has 5 nitrogen and oxygen atoms in total. The van der Waals surface area contributed by atoms with E-state index in [-0.39, 0.29) is 12.8 Å². The Kier molecular flexibility index (Phi) is 5.93. The van der Waals surface area contributed by atoms with Gasteiger partial charge in [-0.1, -0.05) is 23.9 Å². The van der Waals surface area contributed by atoms with Crippen molar-refractivity contribution in [1.29, 1.82) is 0 Å². The normalized spacial score (nSPS) is 18.4. The number of aliphatic hydroxyl groups is 1. The molecule has 31 heavy (non-hydrogen) atoms. The van der Waals surface area contributed by atoms with Gasteiger partial charge in [0, 0.05) is 29.4 Å². The van der Waals surface area contributed by atoms with E-state index in [2.05, 4.69) is 4.90 Å². The summed E-state index contributed by atoms with van der Waals surface area (Å²) in [5, 5.41) is 19.2. The summed E-state index contributed by atoms with van der Waals surface area (Å²) in [6, 6.07) is 11.5. The highest BCUT2D eigenvalue weighted by molar-refractivity contribution is 7.99. The zero-order valence-electron chi connectivity index (χ0n) is 16.7. The van der Waals surface area contributed by atoms with Crippen molar-refractivity contribution in [3.8, 4) is 0 Å². The smallest absolute Gasteiger partial charge is 0.416 e. The number of piperidine rings is 1. The van der Waals surface area contributed by atoms with Gasteiger partial charge in [-0.25, -0.2) is 4.79 Å². The molecule has 2 aliphatic rings. The molecule has 0 amide bonds. The predicted octanol–water partition coefficient (Wildman–Crippen LogP) is 4.61. The molecule has 2 aromatic carbocycles. The first-order valence-corrected chi connectivity index (χ1v) is 10.9. The highest BCUT2D eigenvalue weighted by Gasteiger charge is 2.39. The fraction of sp³-hybridized carbons (Fsp3) is 0.409. The lowest BCUT2D eigenvalue weighted by Crippen LogP contribution is -2.49. The first-order chi connectivity index (χ1) is 14.7. The van der Waals surface area contributed by atoms with Gasteiger partial charge >= 0.3 is 12.1 Å². The van der Waals surface area contributed by atoms with Crippen molar-refractivity contribution in [2.75, 3.05) is 31.1 Å². The molecular formula is C22H23F3N2O3S. The lowest BCUT2D eigenvalue weighted by Gasteiger charge is -2.36. The van der Waals surface area contributed by atoms with Gasteiger partial charge in [0.15, 0.2) is 5.60 Å². The Hall–Kier alpha value is -2.23. The molecule has 2 aromatic rings. The summed E-state index contributed by atoms with van der Waals surface area (Å²) in [5.74, 6) is -1.19. The number of halogens is 3. The molecule has 2 aliphatic heterocycles. The van der Waals surface area contributed by atoms with Crippen molar-refractivity contribution >= 4 is 29.1 Å². The molecule has 0 bridgehead atoms. The molecule has 0 atom stereocenters. The van der Waals surface area contributed by atoms with Gasteiger partial charge in [-0.3, -0.25) is 0 Å². The standard InChI is InChI=1S/C22H23F3N2O3S/c23-22(24,25)15-6-7-19-17(14-15)27(16-4-1-2-5-18(16)31-19)11-3-10-26-12-8-21(30,9-13-26)20(28)29/h1-2,4-7,14,30H,3,8-13H2,(H,28,29). The van der Waals surface area contributed by atoms with Crippen molar-refractivity contribution in [3.05, 3.63) is 48.0 Å². The first-order valence-electron chi connectivity index (χ1n) is 10.1. The fourth-order valence-corrected chi connectivity index (χ4v) is 5.14. The van der Waals surface area contributed by atoms with E-state index in [1.807, 2.05) is 29.2 Å². The van der Waals surface area contributed by atoms with Crippen LogP contribution in [0.1, 0.15) is 24.8 Å². The molecule has 1 saturated heterocycles. The van der Waals surface area contributed by atoms with Crippen LogP contribution in [0.25, 0.3) is 0 Å². The topological polar surface area (TPSA) is 64.0 Å². The van der Waals surface area contributed by atoms with Gasteiger partial charge < -0.3 is 20.0 Å². The molecule has 0 unspecified atom stereocenters. The number of fused-ring (bicyclic) bond motifs is 2. The van der Waals surface area contributed by atoms with Gasteiger partial charge in [0.2, 0.25) is 0 Å². The van der Waals surface area contributed by atoms with E-state index in [1.54, 1.807) is 0 Å². The van der Waals surface area contributed by atoms with Crippen LogP contribution in [0.3, 0.4) is 0 Å². The molecule has 0 saturated carbocycles. The van der Waals surface area contributed by atoms with Crippen LogP contribution >= 0.6 is 11.8 Å². The van der Waals surface area contributed by atoms with E-state index >= 15 is 0 Å². The SMILES string of the molecule is O=C(O)C1(O)CCN(CCCN2c3ccccc3Sc3ccc(C(F)(F)F)cc32)CC1. The quantitative estimate of drug-likeness (QED) is 0.691. The number of benzene rings is 2. The van der Waals surface area contributed by atoms with E-state index in [0.29, 0.717) is 38.3 Å². The summed E-state index contributed by atoms with van der Waals surface area (Å²) in [6.45, 7) is 2.16. The summed E-state index contributed by atoms with van der Waals surface area (Å²) in [7, 11) is 0. The maximum absolute atomic E-state index is 13.3. The molecule has 4 rings (SSSR count). The Morgan fingerprint density at radius 1 is 1.03 bits per heavy atom. The van der Waals surface area contributed by atoms with E-state index in [1.165, 1.54) is 23.9 Å². The van der Waals surface area contributed by atoms with Crippen LogP contribution in [0.2, 0.25) is 0 Å². The number of carboxylic acids is 1. The molecule has 2 heterocycles. The Morgan fingerprint density at radius 2 is 1.71 bits per heavy atom. The van der Waals surface area contributed by atoms with Crippen LogP contribution in [-0.4, -0.2) is 52.9 Å². The largest absolute Gasteiger partial charge is 0.479 e. The highest BCUT2D eigenvalue weighted by atomic mass is 32.2. The van der Waals surface area contributed by atoms with E-state index < -0.39 is 23.3 Å². The Balaban J connectivity index is 1.49. The molecule has 9 heteroatoms. The second kappa shape index (κ2) is 8.37. The van der Waals surface area contributed by atoms with Crippen LogP contribution < -0.4 is 4.90 Å². The Bertz CT molecular complexity index is 975. The number of rotatable bonds is 5. The first kappa shape index (κ1) is 22.0. The number of para-hydroxylation sites is 1. The van der Waals surface area contributed by atoms with Crippen LogP contribution in [0, 0.1) is 0 Å². The molecule has 1 fully saturated rings. The third-order valence-electron chi connectivity index (χ3n) is 5.89. The lowest BCUT2D eigenvalue weighted by molar-refractivity contribution is -0.163. The van der Waals surface area contributed by atoms with E-state index in [4.69, 9.17) is 5.11 Å². The van der Waals surface area contributed by atoms with Gasteiger partial charge in [-0.2, -0.15) is 13.2 Å². The van der Waals surface area contributed by atoms with Gasteiger partial charge in [0.1, 0.15) is 0 Å². The summed E-state index contributed by atoms with van der Waals surface area (Å²) >= 11 is 1.47. The number of hydrogen-bond acceptors (Lipinski definition) is 5. The van der Waals surface area contributed by atoms with Gasteiger partial charge in [0.05, 0.1) is 16.9 Å². The number of alkyl halides is 3. The lowest BCUT2D eigenvalue weighted by atomic mass is 9.91. The molecule has 0 radical (unpaired) electrons. The van der Waals surface area contributed by atoms with E-state index in [0.717, 1.165) is 21.5 Å². The maximum Gasteiger partial charge on any atom is 0.416 e. The zero-order valence-corrected chi connectivity index (χ0v) is 17.5. The minimum absolute atomic E-state index is 0.170. The van der Waals surface area contributed by atoms with Crippen molar-refractivity contribution < 1.29 is 28.2 Å². The van der Waals surface area contributed by atoms with Gasteiger partial charge in [-0.05, 0) is 56.1 Å². The fourth-order valence-electron chi connectivity index (χ4n) is 4.06. The number of carboxylic acid groups (broad SMARTS) is 1. The Labute approximate surface area is 182 Å². The van der Waals surface area contributed by atoms with E-state index in [9.17, 15) is 23.1 Å². The highest BCUT2D eigenvalue weighted by Crippen LogP contribution is 2.49. The summed E-state index contributed by atoms with van der Waals surface area (Å²) in [6.07, 6.45) is -3.37. The maximum atomic E-state index is 13.3. The number of carbonyl (C=O) groups is 1. The summed E-state index contributed by atoms with van der Waals surface area (Å²) in [4.78, 5) is 17.0. The molecule has 0 aromatic heterocycles. The number of aliphatic carboxylic acids is 1. The van der Waals surface area contributed by atoms with Crippen LogP contribution in [0.15, 0.2) is 52.3 Å². The molecule has 0 aliphatic carbocycles. The Morgan fingerprint density at radius 3 is 2.39 bits per heavy atom. The van der Waals surface area contributed by atoms with Crippen molar-refractivity contribution in [3.63, 3.8) is 0 Å². The number of nitrogens with zero attached hydrogens (tertiary/aromatic N) is 2. The van der Waals surface area contributed by atoms with Crippen molar-refractivity contribution in [1.82, 2.24) is 4.90 Å². The zero-order chi connectivity index (χ0) is 22.2. The number of likely N-dealkylation sites (tertiary alicyclic amines) is 1. The van der Waals surface area contributed by atoms with Gasteiger partial charge in [-0.15, -0.1) is 0 Å². The number of hydrogen-bond donors (Lipinski definition) is 2. The second-order valence-electron chi connectivity index (χ2n) is 7.93. The molecule has 2 N–H and O–H groups in total. The second-order valence-corrected chi connectivity index (χ2v) is 9.02. The minimum Gasteiger partial charge on any atom is -0.479 e. The predicted molar refractivity (Wildman–Crippen MR) is 112 cm³/mol. The van der Waals surface area contributed by atoms with Crippen LogP contribution in [0.4, 0.5) is 24.5 Å². The molecular weight excluding hydrogens is 429 g/mol. The third-order valence-corrected chi connectivity index (χ3v) is 7.02.